The van der Waals surface area contributed by atoms with Crippen LogP contribution in [0.5, 0.6) is 0 Å². The number of fused-ring (bicyclic) bond motifs is 1. The topological polar surface area (TPSA) is 95.6 Å². The Hall–Kier alpha value is -0.800. The van der Waals surface area contributed by atoms with Crippen molar-refractivity contribution in [2.75, 3.05) is 25.1 Å². The minimum Gasteiger partial charge on any atom is -0.354 e. The van der Waals surface area contributed by atoms with Gasteiger partial charge in [-0.25, -0.2) is 13.1 Å². The number of hydrogen-bond acceptors (Lipinski definition) is 5. The van der Waals surface area contributed by atoms with Crippen LogP contribution in [-0.4, -0.2) is 61.1 Å². The third kappa shape index (κ3) is 3.89. The van der Waals surface area contributed by atoms with Crippen LogP contribution in [0.25, 0.3) is 0 Å². The summed E-state index contributed by atoms with van der Waals surface area (Å²) in [4.78, 5) is 25.6. The van der Waals surface area contributed by atoms with E-state index in [1.807, 2.05) is 6.92 Å². The van der Waals surface area contributed by atoms with E-state index in [4.69, 9.17) is 0 Å². The van der Waals surface area contributed by atoms with E-state index in [0.29, 0.717) is 31.7 Å². The number of nitrogens with one attached hydrogen (secondary N) is 2. The summed E-state index contributed by atoms with van der Waals surface area (Å²) in [6.45, 7) is 2.69. The zero-order valence-corrected chi connectivity index (χ0v) is 13.8. The van der Waals surface area contributed by atoms with Crippen molar-refractivity contribution in [1.29, 1.82) is 0 Å². The number of sulfonamides is 1. The monoisotopic (exact) mass is 335 g/mol. The SMILES string of the molecule is C[C@]12CCC(=O)N1[C@H](C(=O)NCCCNS(C)(=O)=O)CS2. The van der Waals surface area contributed by atoms with Gasteiger partial charge in [0.2, 0.25) is 21.8 Å². The molecule has 9 heteroatoms. The smallest absolute Gasteiger partial charge is 0.243 e. The molecule has 0 radical (unpaired) electrons. The third-order valence-corrected chi connectivity index (χ3v) is 6.00. The van der Waals surface area contributed by atoms with Crippen molar-refractivity contribution in [3.05, 3.63) is 0 Å². The van der Waals surface area contributed by atoms with E-state index in [9.17, 15) is 18.0 Å². The molecule has 0 aromatic carbocycles. The predicted molar refractivity (Wildman–Crippen MR) is 81.2 cm³/mol. The van der Waals surface area contributed by atoms with Crippen LogP contribution in [0.1, 0.15) is 26.2 Å². The van der Waals surface area contributed by atoms with E-state index in [0.717, 1.165) is 12.7 Å². The van der Waals surface area contributed by atoms with Crippen LogP contribution >= 0.6 is 11.8 Å². The van der Waals surface area contributed by atoms with Gasteiger partial charge in [-0.2, -0.15) is 0 Å². The average molecular weight is 335 g/mol. The van der Waals surface area contributed by atoms with Gasteiger partial charge in [-0.1, -0.05) is 0 Å². The number of nitrogens with zero attached hydrogens (tertiary/aromatic N) is 1. The molecular weight excluding hydrogens is 314 g/mol. The number of carbonyl (C=O) groups is 2. The minimum atomic E-state index is -3.19. The zero-order valence-electron chi connectivity index (χ0n) is 12.2. The molecule has 0 unspecified atom stereocenters. The maximum atomic E-state index is 12.2. The summed E-state index contributed by atoms with van der Waals surface area (Å²) in [5.74, 6) is 0.512. The summed E-state index contributed by atoms with van der Waals surface area (Å²) < 4.78 is 24.1. The van der Waals surface area contributed by atoms with Gasteiger partial charge >= 0.3 is 0 Å². The van der Waals surface area contributed by atoms with Gasteiger partial charge in [-0.05, 0) is 19.8 Å². The lowest BCUT2D eigenvalue weighted by Gasteiger charge is -2.29. The average Bonchev–Trinajstić information content (AvgIpc) is 2.85. The third-order valence-electron chi connectivity index (χ3n) is 3.76. The quantitative estimate of drug-likeness (QED) is 0.638. The molecule has 0 aliphatic carbocycles. The number of thioether (sulfide) groups is 1. The van der Waals surface area contributed by atoms with Crippen molar-refractivity contribution in [3.8, 4) is 0 Å². The Kier molecular flexibility index (Phi) is 4.84. The predicted octanol–water partition coefficient (Wildman–Crippen LogP) is -0.504. The molecule has 2 fully saturated rings. The first-order valence-electron chi connectivity index (χ1n) is 6.91. The van der Waals surface area contributed by atoms with Crippen molar-refractivity contribution in [2.24, 2.45) is 0 Å². The first kappa shape index (κ1) is 16.6. The summed E-state index contributed by atoms with van der Waals surface area (Å²) in [5, 5.41) is 2.78. The van der Waals surface area contributed by atoms with Crippen LogP contribution in [0.15, 0.2) is 0 Å². The van der Waals surface area contributed by atoms with Crippen molar-refractivity contribution < 1.29 is 18.0 Å². The highest BCUT2D eigenvalue weighted by Gasteiger charge is 2.52. The van der Waals surface area contributed by atoms with Gasteiger partial charge in [0, 0.05) is 25.3 Å². The number of hydrogen-bond donors (Lipinski definition) is 2. The molecule has 2 N–H and O–H groups in total. The van der Waals surface area contributed by atoms with Crippen LogP contribution in [0.2, 0.25) is 0 Å². The molecule has 0 aromatic heterocycles. The molecule has 21 heavy (non-hydrogen) atoms. The molecule has 2 rings (SSSR count). The van der Waals surface area contributed by atoms with Crippen molar-refractivity contribution in [2.45, 2.75) is 37.1 Å². The maximum absolute atomic E-state index is 12.2. The van der Waals surface area contributed by atoms with E-state index in [2.05, 4.69) is 10.0 Å². The Bertz CT molecular complexity index is 537. The highest BCUT2D eigenvalue weighted by molar-refractivity contribution is 8.01. The normalized spacial score (nSPS) is 28.8. The van der Waals surface area contributed by atoms with E-state index in [1.165, 1.54) is 0 Å². The highest BCUT2D eigenvalue weighted by atomic mass is 32.2. The van der Waals surface area contributed by atoms with Crippen molar-refractivity contribution in [1.82, 2.24) is 14.9 Å². The molecule has 120 valence electrons. The van der Waals surface area contributed by atoms with E-state index >= 15 is 0 Å². The largest absolute Gasteiger partial charge is 0.354 e. The molecule has 0 aromatic rings. The Morgan fingerprint density at radius 2 is 2.19 bits per heavy atom. The van der Waals surface area contributed by atoms with Crippen molar-refractivity contribution in [3.63, 3.8) is 0 Å². The van der Waals surface area contributed by atoms with Gasteiger partial charge in [0.15, 0.2) is 0 Å². The molecule has 7 nitrogen and oxygen atoms in total. The first-order chi connectivity index (χ1) is 9.73. The van der Waals surface area contributed by atoms with Crippen LogP contribution in [0.3, 0.4) is 0 Å². The molecule has 0 bridgehead atoms. The van der Waals surface area contributed by atoms with Gasteiger partial charge in [0.25, 0.3) is 0 Å². The fraction of sp³-hybridized carbons (Fsp3) is 0.833. The van der Waals surface area contributed by atoms with Crippen LogP contribution < -0.4 is 10.0 Å². The minimum absolute atomic E-state index is 0.0430. The molecule has 2 aliphatic heterocycles. The second-order valence-electron chi connectivity index (χ2n) is 5.58. The number of amides is 2. The molecule has 2 amide bonds. The van der Waals surface area contributed by atoms with Gasteiger partial charge in [0.05, 0.1) is 11.1 Å². The number of rotatable bonds is 6. The Labute approximate surface area is 129 Å². The molecule has 2 aliphatic rings. The summed E-state index contributed by atoms with van der Waals surface area (Å²) >= 11 is 1.66. The summed E-state index contributed by atoms with van der Waals surface area (Å²) in [7, 11) is -3.19. The molecule has 2 saturated heterocycles. The molecule has 2 atom stereocenters. The van der Waals surface area contributed by atoms with Crippen LogP contribution in [-0.2, 0) is 19.6 Å². The Balaban J connectivity index is 1.78. The van der Waals surface area contributed by atoms with Gasteiger partial charge < -0.3 is 10.2 Å². The maximum Gasteiger partial charge on any atom is 0.243 e. The van der Waals surface area contributed by atoms with E-state index < -0.39 is 16.1 Å². The lowest BCUT2D eigenvalue weighted by atomic mass is 10.2. The molecule has 2 heterocycles. The number of carbonyl (C=O) groups excluding carboxylic acids is 2. The Morgan fingerprint density at radius 3 is 2.86 bits per heavy atom. The van der Waals surface area contributed by atoms with Crippen molar-refractivity contribution >= 4 is 33.6 Å². The van der Waals surface area contributed by atoms with Crippen LogP contribution in [0.4, 0.5) is 0 Å². The fourth-order valence-electron chi connectivity index (χ4n) is 2.69. The second kappa shape index (κ2) is 6.13. The molecule has 0 saturated carbocycles. The fourth-order valence-corrected chi connectivity index (χ4v) is 4.64. The van der Waals surface area contributed by atoms with Gasteiger partial charge in [-0.15, -0.1) is 11.8 Å². The summed E-state index contributed by atoms with van der Waals surface area (Å²) in [5.41, 5.74) is 0. The van der Waals surface area contributed by atoms with Gasteiger partial charge in [0.1, 0.15) is 6.04 Å². The molecule has 0 spiro atoms. The molecular formula is C12H21N3O4S2. The summed E-state index contributed by atoms with van der Waals surface area (Å²) in [6.07, 6.45) is 2.91. The summed E-state index contributed by atoms with van der Waals surface area (Å²) in [6, 6.07) is -0.405. The van der Waals surface area contributed by atoms with Gasteiger partial charge in [-0.3, -0.25) is 9.59 Å². The van der Waals surface area contributed by atoms with Crippen LogP contribution in [0, 0.1) is 0 Å². The van der Waals surface area contributed by atoms with E-state index in [1.54, 1.807) is 16.7 Å². The van der Waals surface area contributed by atoms with E-state index in [-0.39, 0.29) is 16.7 Å². The Morgan fingerprint density at radius 1 is 1.48 bits per heavy atom. The zero-order chi connectivity index (χ0) is 15.7. The highest BCUT2D eigenvalue weighted by Crippen LogP contribution is 2.47. The first-order valence-corrected chi connectivity index (χ1v) is 9.79. The lowest BCUT2D eigenvalue weighted by molar-refractivity contribution is -0.137. The standard InChI is InChI=1S/C12H21N3O4S2/c1-12-5-4-10(16)15(12)9(8-20-12)11(17)13-6-3-7-14-21(2,18)19/h9,14H,3-8H2,1-2H3,(H,13,17)/t9-,12-/m0/s1. The second-order valence-corrected chi connectivity index (χ2v) is 8.91. The lowest BCUT2D eigenvalue weighted by Crippen LogP contribution is -2.50.